The number of nitrogens with zero attached hydrogens (tertiary/aromatic N) is 1. The molecule has 0 aromatic heterocycles. The van der Waals surface area contributed by atoms with Gasteiger partial charge in [0.25, 0.3) is 0 Å². The van der Waals surface area contributed by atoms with Crippen LogP contribution in [0.1, 0.15) is 155 Å². The molecule has 0 aliphatic carbocycles. The highest BCUT2D eigenvalue weighted by Gasteiger charge is 2.27. The molecule has 0 aromatic carbocycles. The molecule has 0 aromatic rings. The maximum Gasteiger partial charge on any atom is 0.472 e. The Balaban J connectivity index is 4.43. The monoisotopic (exact) mass is 703 g/mol. The molecule has 0 aliphatic heterocycles. The number of unbranched alkanes of at least 4 members (excludes halogenated alkanes) is 17. The number of hydrogen-bond acceptors (Lipinski definition) is 7. The molecule has 0 bridgehead atoms. The first kappa shape index (κ1) is 46.5. The second-order valence-electron chi connectivity index (χ2n) is 14.0. The first-order valence-corrected chi connectivity index (χ1v) is 20.6. The molecule has 282 valence electrons. The van der Waals surface area contributed by atoms with Crippen LogP contribution in [0.25, 0.3) is 0 Å². The lowest BCUT2D eigenvalue weighted by molar-refractivity contribution is -0.870. The summed E-state index contributed by atoms with van der Waals surface area (Å²) in [5.41, 5.74) is 0. The number of rotatable bonds is 34. The summed E-state index contributed by atoms with van der Waals surface area (Å²) in [7, 11) is 1.47. The Hall–Kier alpha value is -1.51. The van der Waals surface area contributed by atoms with Crippen LogP contribution in [-0.4, -0.2) is 74.9 Å². The summed E-state index contributed by atoms with van der Waals surface area (Å²) < 4.78 is 34.1. The Labute approximate surface area is 294 Å². The molecule has 0 saturated heterocycles. The number of likely N-dealkylation sites (N-methyl/N-ethyl adjacent to an activating group) is 1. The zero-order valence-electron chi connectivity index (χ0n) is 31.5. The average Bonchev–Trinajstić information content (AvgIpc) is 3.02. The third-order valence-electron chi connectivity index (χ3n) is 8.01. The van der Waals surface area contributed by atoms with Crippen molar-refractivity contribution in [3.05, 3.63) is 24.3 Å². The van der Waals surface area contributed by atoms with Crippen molar-refractivity contribution in [1.29, 1.82) is 0 Å². The van der Waals surface area contributed by atoms with Gasteiger partial charge >= 0.3 is 19.8 Å². The maximum atomic E-state index is 12.6. The Morgan fingerprint density at radius 3 is 1.62 bits per heavy atom. The molecule has 0 amide bonds. The van der Waals surface area contributed by atoms with Gasteiger partial charge in [-0.2, -0.15) is 0 Å². The third kappa shape index (κ3) is 34.4. The first-order valence-electron chi connectivity index (χ1n) is 19.1. The van der Waals surface area contributed by atoms with Gasteiger partial charge in [-0.05, 0) is 38.5 Å². The predicted octanol–water partition coefficient (Wildman–Crippen LogP) is 10.0. The van der Waals surface area contributed by atoms with Crippen molar-refractivity contribution in [2.45, 2.75) is 161 Å². The molecule has 0 radical (unpaired) electrons. The van der Waals surface area contributed by atoms with Crippen LogP contribution in [0, 0.1) is 0 Å². The number of hydrogen-bond donors (Lipinski definition) is 1. The fraction of sp³-hybridized carbons (Fsp3) is 0.842. The van der Waals surface area contributed by atoms with Gasteiger partial charge in [-0.15, -0.1) is 0 Å². The van der Waals surface area contributed by atoms with Crippen molar-refractivity contribution in [1.82, 2.24) is 0 Å². The van der Waals surface area contributed by atoms with E-state index in [-0.39, 0.29) is 32.0 Å². The summed E-state index contributed by atoms with van der Waals surface area (Å²) in [6.45, 7) is 4.34. The fourth-order valence-corrected chi connectivity index (χ4v) is 5.69. The molecule has 0 saturated carbocycles. The van der Waals surface area contributed by atoms with Crippen molar-refractivity contribution in [2.24, 2.45) is 0 Å². The van der Waals surface area contributed by atoms with E-state index in [1.807, 2.05) is 21.1 Å². The van der Waals surface area contributed by atoms with E-state index in [4.69, 9.17) is 18.5 Å². The van der Waals surface area contributed by atoms with E-state index >= 15 is 0 Å². The van der Waals surface area contributed by atoms with Crippen molar-refractivity contribution < 1.29 is 42.1 Å². The molecule has 2 atom stereocenters. The van der Waals surface area contributed by atoms with E-state index in [2.05, 4.69) is 38.2 Å². The van der Waals surface area contributed by atoms with Gasteiger partial charge in [0, 0.05) is 12.8 Å². The van der Waals surface area contributed by atoms with Gasteiger partial charge in [0.1, 0.15) is 19.8 Å². The third-order valence-corrected chi connectivity index (χ3v) is 9.00. The minimum atomic E-state index is -4.36. The van der Waals surface area contributed by atoms with Crippen LogP contribution >= 0.6 is 7.82 Å². The summed E-state index contributed by atoms with van der Waals surface area (Å²) in [4.78, 5) is 35.1. The summed E-state index contributed by atoms with van der Waals surface area (Å²) in [6, 6.07) is 0. The molecular formula is C38H73NO8P+. The van der Waals surface area contributed by atoms with Gasteiger partial charge < -0.3 is 18.9 Å². The van der Waals surface area contributed by atoms with E-state index in [1.54, 1.807) is 0 Å². The highest BCUT2D eigenvalue weighted by molar-refractivity contribution is 7.47. The molecule has 0 fully saturated rings. The summed E-state index contributed by atoms with van der Waals surface area (Å²) in [6.07, 6.45) is 30.8. The molecule has 1 unspecified atom stereocenters. The Kier molecular flexibility index (Phi) is 30.5. The molecular weight excluding hydrogens is 629 g/mol. The molecule has 48 heavy (non-hydrogen) atoms. The quantitative estimate of drug-likeness (QED) is 0.0232. The topological polar surface area (TPSA) is 108 Å². The number of carbonyl (C=O) groups excluding carboxylic acids is 2. The van der Waals surface area contributed by atoms with Crippen molar-refractivity contribution in [3.8, 4) is 0 Å². The zero-order valence-corrected chi connectivity index (χ0v) is 32.4. The fourth-order valence-electron chi connectivity index (χ4n) is 4.94. The summed E-state index contributed by atoms with van der Waals surface area (Å²) in [5, 5.41) is 0. The lowest BCUT2D eigenvalue weighted by atomic mass is 10.1. The number of esters is 2. The second kappa shape index (κ2) is 31.5. The number of phosphoric acid groups is 1. The molecule has 10 heteroatoms. The van der Waals surface area contributed by atoms with Crippen LogP contribution in [0.3, 0.4) is 0 Å². The highest BCUT2D eigenvalue weighted by atomic mass is 31.2. The smallest absolute Gasteiger partial charge is 0.462 e. The molecule has 1 N–H and O–H groups in total. The lowest BCUT2D eigenvalue weighted by Gasteiger charge is -2.24. The normalized spacial score (nSPS) is 14.0. The van der Waals surface area contributed by atoms with E-state index in [0.29, 0.717) is 17.4 Å². The number of quaternary nitrogens is 1. The lowest BCUT2D eigenvalue weighted by Crippen LogP contribution is -2.37. The van der Waals surface area contributed by atoms with E-state index in [0.717, 1.165) is 57.8 Å². The van der Waals surface area contributed by atoms with Gasteiger partial charge in [-0.1, -0.05) is 128 Å². The summed E-state index contributed by atoms with van der Waals surface area (Å²) >= 11 is 0. The summed E-state index contributed by atoms with van der Waals surface area (Å²) in [5.74, 6) is -0.819. The minimum Gasteiger partial charge on any atom is -0.462 e. The van der Waals surface area contributed by atoms with Crippen LogP contribution in [-0.2, 0) is 32.7 Å². The highest BCUT2D eigenvalue weighted by Crippen LogP contribution is 2.43. The standard InChI is InChI=1S/C38H72NO8P/c1-6-8-10-12-14-16-17-18-19-20-21-23-24-26-28-30-37(40)44-34-36(35-46-48(42,43)45-33-32-39(3,4)5)47-38(41)31-29-27-25-22-15-13-11-9-7-2/h16-19,36H,6-15,20-35H2,1-5H3/p+1/b17-16+,19-18+/t36-/m0/s1. The Morgan fingerprint density at radius 1 is 0.646 bits per heavy atom. The first-order chi connectivity index (χ1) is 23.0. The molecule has 0 spiro atoms. The van der Waals surface area contributed by atoms with Gasteiger partial charge in [0.05, 0.1) is 27.7 Å². The number of carbonyl (C=O) groups is 2. The molecule has 0 rings (SSSR count). The van der Waals surface area contributed by atoms with Gasteiger partial charge in [0.2, 0.25) is 0 Å². The van der Waals surface area contributed by atoms with Gasteiger partial charge in [-0.3, -0.25) is 18.6 Å². The number of ether oxygens (including phenoxy) is 2. The van der Waals surface area contributed by atoms with Crippen molar-refractivity contribution in [3.63, 3.8) is 0 Å². The van der Waals surface area contributed by atoms with Crippen molar-refractivity contribution >= 4 is 19.8 Å². The number of phosphoric ester groups is 1. The van der Waals surface area contributed by atoms with E-state index in [1.165, 1.54) is 64.2 Å². The Morgan fingerprint density at radius 2 is 1.10 bits per heavy atom. The zero-order chi connectivity index (χ0) is 35.8. The predicted molar refractivity (Wildman–Crippen MR) is 197 cm³/mol. The maximum absolute atomic E-state index is 12.6. The minimum absolute atomic E-state index is 0.0304. The largest absolute Gasteiger partial charge is 0.472 e. The average molecular weight is 703 g/mol. The molecule has 0 aliphatic rings. The van der Waals surface area contributed by atoms with Crippen LogP contribution in [0.15, 0.2) is 24.3 Å². The Bertz CT molecular complexity index is 886. The van der Waals surface area contributed by atoms with Crippen LogP contribution in [0.4, 0.5) is 0 Å². The van der Waals surface area contributed by atoms with E-state index in [9.17, 15) is 19.0 Å². The van der Waals surface area contributed by atoms with Crippen LogP contribution < -0.4 is 0 Å². The molecule has 9 nitrogen and oxygen atoms in total. The SMILES string of the molecule is CCCCCC/C=C/C=C/CCCCCCCC(=O)OC[C@@H](COP(=O)(O)OCC[N+](C)(C)C)OC(=O)CCCCCCCCCCC. The molecule has 0 heterocycles. The van der Waals surface area contributed by atoms with Crippen molar-refractivity contribution in [2.75, 3.05) is 47.5 Å². The van der Waals surface area contributed by atoms with Gasteiger partial charge in [0.15, 0.2) is 6.10 Å². The van der Waals surface area contributed by atoms with E-state index < -0.39 is 26.5 Å². The second-order valence-corrected chi connectivity index (χ2v) is 15.5. The van der Waals surface area contributed by atoms with Crippen LogP contribution in [0.5, 0.6) is 0 Å². The number of allylic oxidation sites excluding steroid dienone is 4. The van der Waals surface area contributed by atoms with Crippen LogP contribution in [0.2, 0.25) is 0 Å². The van der Waals surface area contributed by atoms with Gasteiger partial charge in [-0.25, -0.2) is 4.57 Å².